The minimum absolute atomic E-state index is 0.148. The van der Waals surface area contributed by atoms with Gasteiger partial charge in [0.2, 0.25) is 0 Å². The van der Waals surface area contributed by atoms with Crippen LogP contribution in [0, 0.1) is 17.7 Å². The lowest BCUT2D eigenvalue weighted by atomic mass is 9.89. The monoisotopic (exact) mass is 418 g/mol. The number of hydrogen-bond acceptors (Lipinski definition) is 1. The summed E-state index contributed by atoms with van der Waals surface area (Å²) in [5.41, 5.74) is 2.54. The van der Waals surface area contributed by atoms with Gasteiger partial charge in [0.25, 0.3) is 0 Å². The van der Waals surface area contributed by atoms with Crippen LogP contribution >= 0.6 is 8.58 Å². The van der Waals surface area contributed by atoms with Crippen molar-refractivity contribution in [3.8, 4) is 5.75 Å². The van der Waals surface area contributed by atoms with Gasteiger partial charge >= 0.3 is 0 Å². The molecule has 1 nitrogen and oxygen atoms in total. The van der Waals surface area contributed by atoms with Crippen LogP contribution in [0.15, 0.2) is 85.0 Å². The zero-order chi connectivity index (χ0) is 20.8. The fourth-order valence-electron chi connectivity index (χ4n) is 4.22. The number of halogens is 1. The summed E-state index contributed by atoms with van der Waals surface area (Å²) in [6.07, 6.45) is 21.6. The van der Waals surface area contributed by atoms with Gasteiger partial charge in [0.05, 0.1) is 7.11 Å². The Morgan fingerprint density at radius 2 is 1.60 bits per heavy atom. The molecule has 0 N–H and O–H groups in total. The first-order valence-corrected chi connectivity index (χ1v) is 11.6. The molecule has 2 aliphatic carbocycles. The summed E-state index contributed by atoms with van der Waals surface area (Å²) in [7, 11) is 1.97. The molecule has 154 valence electrons. The van der Waals surface area contributed by atoms with Crippen LogP contribution in [0.5, 0.6) is 5.75 Å². The molecule has 4 rings (SSSR count). The summed E-state index contributed by atoms with van der Waals surface area (Å²) >= 11 is 0. The van der Waals surface area contributed by atoms with E-state index in [4.69, 9.17) is 4.74 Å². The van der Waals surface area contributed by atoms with Crippen molar-refractivity contribution in [2.24, 2.45) is 11.8 Å². The van der Waals surface area contributed by atoms with Crippen molar-refractivity contribution in [1.82, 2.24) is 0 Å². The van der Waals surface area contributed by atoms with Crippen LogP contribution in [0.1, 0.15) is 24.0 Å². The molecule has 2 aliphatic rings. The number of allylic oxidation sites excluding steroid dienone is 8. The molecular weight excluding hydrogens is 390 g/mol. The third-order valence-corrected chi connectivity index (χ3v) is 7.01. The maximum atomic E-state index is 14.4. The Bertz CT molecular complexity index is 1000. The van der Waals surface area contributed by atoms with E-state index < -0.39 is 0 Å². The number of rotatable bonds is 7. The highest BCUT2D eigenvalue weighted by molar-refractivity contribution is 7.55. The molecule has 0 fully saturated rings. The lowest BCUT2D eigenvalue weighted by Crippen LogP contribution is -2.15. The molecule has 3 atom stereocenters. The van der Waals surface area contributed by atoms with E-state index in [1.807, 2.05) is 12.1 Å². The highest BCUT2D eigenvalue weighted by Gasteiger charge is 2.18. The summed E-state index contributed by atoms with van der Waals surface area (Å²) in [5, 5.41) is 1.83. The van der Waals surface area contributed by atoms with E-state index in [1.165, 1.54) is 17.2 Å². The van der Waals surface area contributed by atoms with Crippen molar-refractivity contribution in [2.45, 2.75) is 25.7 Å². The van der Waals surface area contributed by atoms with Crippen LogP contribution in [0.2, 0.25) is 0 Å². The molecule has 0 amide bonds. The van der Waals surface area contributed by atoms with E-state index in [0.717, 1.165) is 42.0 Å². The van der Waals surface area contributed by atoms with Gasteiger partial charge in [0.1, 0.15) is 11.6 Å². The molecule has 0 heterocycles. The summed E-state index contributed by atoms with van der Waals surface area (Å²) in [4.78, 5) is 0. The first-order chi connectivity index (χ1) is 14.7. The van der Waals surface area contributed by atoms with Crippen LogP contribution < -0.4 is 15.3 Å². The van der Waals surface area contributed by atoms with Gasteiger partial charge in [-0.3, -0.25) is 0 Å². The molecular formula is C27H28FOP. The van der Waals surface area contributed by atoms with Crippen molar-refractivity contribution in [3.63, 3.8) is 0 Å². The molecule has 0 saturated heterocycles. The average molecular weight is 418 g/mol. The molecule has 0 bridgehead atoms. The maximum absolute atomic E-state index is 14.4. The molecule has 0 radical (unpaired) electrons. The Morgan fingerprint density at radius 3 is 2.23 bits per heavy atom. The van der Waals surface area contributed by atoms with Gasteiger partial charge in [-0.1, -0.05) is 81.5 Å². The standard InChI is InChI=1S/C27H28FOP/c1-29-27-23(17-21-12-6-3-7-13-21)18-22(16-20-10-4-2-5-11-20)19-26(27)30-25-15-9-8-14-24(25)28/h2-10,12,14-15,18-21,30H,11,13,16-17H2,1H3. The Morgan fingerprint density at radius 1 is 0.900 bits per heavy atom. The Labute approximate surface area is 180 Å². The second-order valence-electron chi connectivity index (χ2n) is 7.97. The number of ether oxygens (including phenoxy) is 1. The van der Waals surface area contributed by atoms with Crippen LogP contribution in [0.25, 0.3) is 0 Å². The number of benzene rings is 2. The molecule has 3 unspecified atom stereocenters. The van der Waals surface area contributed by atoms with Crippen LogP contribution in [0.3, 0.4) is 0 Å². The van der Waals surface area contributed by atoms with Gasteiger partial charge in [0, 0.05) is 10.6 Å². The van der Waals surface area contributed by atoms with Gasteiger partial charge in [-0.15, -0.1) is 0 Å². The molecule has 30 heavy (non-hydrogen) atoms. The minimum Gasteiger partial charge on any atom is -0.496 e. The minimum atomic E-state index is -0.148. The van der Waals surface area contributed by atoms with Gasteiger partial charge in [-0.25, -0.2) is 4.39 Å². The Hall–Kier alpha value is -2.44. The SMILES string of the molecule is COc1c(CC2C=CC=CC2)cc(CC2C=CC=CC2)cc1Pc1ccccc1F. The number of hydrogen-bond donors (Lipinski definition) is 0. The number of methoxy groups -OCH3 is 1. The third-order valence-electron chi connectivity index (χ3n) is 5.69. The largest absolute Gasteiger partial charge is 0.496 e. The van der Waals surface area contributed by atoms with E-state index in [2.05, 4.69) is 60.7 Å². The maximum Gasteiger partial charge on any atom is 0.130 e. The van der Waals surface area contributed by atoms with E-state index >= 15 is 0 Å². The topological polar surface area (TPSA) is 9.23 Å². The lowest BCUT2D eigenvalue weighted by molar-refractivity contribution is 0.410. The summed E-state index contributed by atoms with van der Waals surface area (Å²) in [5.74, 6) is 1.76. The van der Waals surface area contributed by atoms with E-state index in [0.29, 0.717) is 11.8 Å². The highest BCUT2D eigenvalue weighted by Crippen LogP contribution is 2.31. The van der Waals surface area contributed by atoms with Crippen molar-refractivity contribution in [1.29, 1.82) is 0 Å². The zero-order valence-corrected chi connectivity index (χ0v) is 18.4. The Balaban J connectivity index is 1.68. The molecule has 0 spiro atoms. The summed E-state index contributed by atoms with van der Waals surface area (Å²) < 4.78 is 20.3. The van der Waals surface area contributed by atoms with Gasteiger partial charge in [-0.05, 0) is 60.8 Å². The second kappa shape index (κ2) is 10.0. The molecule has 0 aromatic heterocycles. The van der Waals surface area contributed by atoms with E-state index in [-0.39, 0.29) is 14.4 Å². The predicted octanol–water partition coefficient (Wildman–Crippen LogP) is 5.81. The van der Waals surface area contributed by atoms with Gasteiger partial charge < -0.3 is 4.74 Å². The van der Waals surface area contributed by atoms with Crippen molar-refractivity contribution in [2.75, 3.05) is 7.11 Å². The first-order valence-electron chi connectivity index (χ1n) is 10.6. The smallest absolute Gasteiger partial charge is 0.130 e. The van der Waals surface area contributed by atoms with E-state index in [1.54, 1.807) is 13.2 Å². The fraction of sp³-hybridized carbons (Fsp3) is 0.259. The summed E-state index contributed by atoms with van der Waals surface area (Å²) in [6.45, 7) is 0. The third kappa shape index (κ3) is 5.18. The molecule has 2 aromatic carbocycles. The van der Waals surface area contributed by atoms with Crippen molar-refractivity contribution in [3.05, 3.63) is 102 Å². The second-order valence-corrected chi connectivity index (χ2v) is 9.29. The highest BCUT2D eigenvalue weighted by atomic mass is 31.1. The van der Waals surface area contributed by atoms with Crippen LogP contribution in [-0.2, 0) is 12.8 Å². The zero-order valence-electron chi connectivity index (χ0n) is 17.4. The molecule has 0 saturated carbocycles. The van der Waals surface area contributed by atoms with Crippen LogP contribution in [0.4, 0.5) is 4.39 Å². The molecule has 0 aliphatic heterocycles. The lowest BCUT2D eigenvalue weighted by Gasteiger charge is -2.21. The fourth-order valence-corrected chi connectivity index (χ4v) is 5.52. The Kier molecular flexibility index (Phi) is 6.97. The predicted molar refractivity (Wildman–Crippen MR) is 127 cm³/mol. The quantitative estimate of drug-likeness (QED) is 0.516. The van der Waals surface area contributed by atoms with Gasteiger partial charge in [-0.2, -0.15) is 0 Å². The van der Waals surface area contributed by atoms with Crippen LogP contribution in [-0.4, -0.2) is 7.11 Å². The molecule has 3 heteroatoms. The normalized spacial score (nSPS) is 20.3. The van der Waals surface area contributed by atoms with E-state index in [9.17, 15) is 4.39 Å². The van der Waals surface area contributed by atoms with Gasteiger partial charge in [0.15, 0.2) is 0 Å². The van der Waals surface area contributed by atoms with Crippen molar-refractivity contribution >= 4 is 19.2 Å². The van der Waals surface area contributed by atoms with Crippen molar-refractivity contribution < 1.29 is 9.13 Å². The average Bonchev–Trinajstić information content (AvgIpc) is 2.77. The summed E-state index contributed by atoms with van der Waals surface area (Å²) in [6, 6.07) is 11.6. The first kappa shape index (κ1) is 20.8. The molecule has 2 aromatic rings.